The number of carbonyl (C=O) groups excluding carboxylic acids is 1. The Morgan fingerprint density at radius 2 is 2.08 bits per heavy atom. The molecule has 0 unspecified atom stereocenters. The minimum absolute atomic E-state index is 0.00138. The molecule has 1 aliphatic rings. The van der Waals surface area contributed by atoms with E-state index in [4.69, 9.17) is 4.52 Å². The molecule has 5 nitrogen and oxygen atoms in total. The Hall–Kier alpha value is -2.30. The summed E-state index contributed by atoms with van der Waals surface area (Å²) >= 11 is 0. The third-order valence-electron chi connectivity index (χ3n) is 4.82. The smallest absolute Gasteiger partial charge is 0.318 e. The summed E-state index contributed by atoms with van der Waals surface area (Å²) in [5.74, 6) is 0.780. The van der Waals surface area contributed by atoms with Crippen molar-refractivity contribution in [2.75, 3.05) is 6.54 Å². The van der Waals surface area contributed by atoms with Gasteiger partial charge >= 0.3 is 6.03 Å². The number of rotatable bonds is 4. The maximum Gasteiger partial charge on any atom is 0.318 e. The van der Waals surface area contributed by atoms with Gasteiger partial charge in [-0.1, -0.05) is 56.3 Å². The Labute approximate surface area is 155 Å². The van der Waals surface area contributed by atoms with E-state index in [0.717, 1.165) is 42.8 Å². The lowest BCUT2D eigenvalue weighted by molar-refractivity contribution is 0.182. The standard InChI is InChI=1S/C21H29N3O2/c1-15-13-17(23-26-15)19-11-8-12-24(19)20(25)22-18(14-21(2,3)4)16-9-6-5-7-10-16/h5-7,9-10,13,18-19H,8,11-12,14H2,1-4H3,(H,22,25)/t18-,19-/m1/s1. The van der Waals surface area contributed by atoms with E-state index in [1.807, 2.05) is 36.1 Å². The summed E-state index contributed by atoms with van der Waals surface area (Å²) in [7, 11) is 0. The van der Waals surface area contributed by atoms with Crippen molar-refractivity contribution in [3.8, 4) is 0 Å². The molecule has 2 aromatic rings. The predicted molar refractivity (Wildman–Crippen MR) is 102 cm³/mol. The molecule has 0 radical (unpaired) electrons. The van der Waals surface area contributed by atoms with E-state index >= 15 is 0 Å². The molecule has 2 atom stereocenters. The van der Waals surface area contributed by atoms with Crippen LogP contribution in [0, 0.1) is 12.3 Å². The third-order valence-corrected chi connectivity index (χ3v) is 4.82. The van der Waals surface area contributed by atoms with Crippen molar-refractivity contribution in [1.29, 1.82) is 0 Å². The van der Waals surface area contributed by atoms with Crippen LogP contribution in [-0.2, 0) is 0 Å². The molecule has 1 aromatic carbocycles. The summed E-state index contributed by atoms with van der Waals surface area (Å²) in [5.41, 5.74) is 2.10. The lowest BCUT2D eigenvalue weighted by atomic mass is 9.85. The highest BCUT2D eigenvalue weighted by atomic mass is 16.5. The molecule has 0 aliphatic carbocycles. The second-order valence-electron chi connectivity index (χ2n) is 8.39. The number of urea groups is 1. The minimum Gasteiger partial charge on any atom is -0.361 e. The fourth-order valence-electron chi connectivity index (χ4n) is 3.64. The molecule has 1 N–H and O–H groups in total. The van der Waals surface area contributed by atoms with Crippen LogP contribution in [-0.4, -0.2) is 22.6 Å². The second kappa shape index (κ2) is 7.52. The maximum atomic E-state index is 13.1. The molecule has 1 fully saturated rings. The Balaban J connectivity index is 1.76. The molecule has 2 amide bonds. The monoisotopic (exact) mass is 355 g/mol. The maximum absolute atomic E-state index is 13.1. The number of nitrogens with one attached hydrogen (secondary N) is 1. The molecule has 3 rings (SSSR count). The summed E-state index contributed by atoms with van der Waals surface area (Å²) in [6.45, 7) is 9.23. The SMILES string of the molecule is Cc1cc([C@H]2CCCN2C(=O)N[C@H](CC(C)(C)C)c2ccccc2)no1. The zero-order valence-corrected chi connectivity index (χ0v) is 16.2. The van der Waals surface area contributed by atoms with Crippen LogP contribution in [0.5, 0.6) is 0 Å². The van der Waals surface area contributed by atoms with Gasteiger partial charge in [-0.05, 0) is 37.2 Å². The fourth-order valence-corrected chi connectivity index (χ4v) is 3.64. The van der Waals surface area contributed by atoms with Gasteiger partial charge in [0, 0.05) is 12.6 Å². The van der Waals surface area contributed by atoms with Crippen LogP contribution in [0.1, 0.15) is 69.1 Å². The van der Waals surface area contributed by atoms with Crippen LogP contribution in [0.3, 0.4) is 0 Å². The van der Waals surface area contributed by atoms with Crippen LogP contribution in [0.2, 0.25) is 0 Å². The van der Waals surface area contributed by atoms with E-state index in [2.05, 4.69) is 43.4 Å². The number of carbonyl (C=O) groups is 1. The summed E-state index contributed by atoms with van der Waals surface area (Å²) in [4.78, 5) is 15.0. The van der Waals surface area contributed by atoms with Crippen LogP contribution < -0.4 is 5.32 Å². The van der Waals surface area contributed by atoms with Crippen LogP contribution >= 0.6 is 0 Å². The number of benzene rings is 1. The number of aryl methyl sites for hydroxylation is 1. The zero-order chi connectivity index (χ0) is 18.7. The van der Waals surface area contributed by atoms with E-state index in [0.29, 0.717) is 0 Å². The Morgan fingerprint density at radius 3 is 2.69 bits per heavy atom. The normalized spacial score (nSPS) is 18.8. The molecule has 0 bridgehead atoms. The van der Waals surface area contributed by atoms with Crippen molar-refractivity contribution in [3.05, 3.63) is 53.4 Å². The van der Waals surface area contributed by atoms with Crippen molar-refractivity contribution in [1.82, 2.24) is 15.4 Å². The largest absolute Gasteiger partial charge is 0.361 e. The summed E-state index contributed by atoms with van der Waals surface area (Å²) in [6, 6.07) is 12.1. The molecular weight excluding hydrogens is 326 g/mol. The quantitative estimate of drug-likeness (QED) is 0.839. The summed E-state index contributed by atoms with van der Waals surface area (Å²) in [6.07, 6.45) is 2.79. The van der Waals surface area contributed by atoms with E-state index < -0.39 is 0 Å². The molecule has 26 heavy (non-hydrogen) atoms. The van der Waals surface area contributed by atoms with Crippen molar-refractivity contribution in [2.45, 2.75) is 59.0 Å². The Bertz CT molecular complexity index is 733. The van der Waals surface area contributed by atoms with E-state index in [1.165, 1.54) is 0 Å². The number of amides is 2. The Morgan fingerprint density at radius 1 is 1.35 bits per heavy atom. The third kappa shape index (κ3) is 4.45. The van der Waals surface area contributed by atoms with Gasteiger partial charge in [-0.25, -0.2) is 4.79 Å². The van der Waals surface area contributed by atoms with Gasteiger partial charge in [0.05, 0.1) is 12.1 Å². The molecule has 1 saturated heterocycles. The molecule has 140 valence electrons. The molecule has 5 heteroatoms. The topological polar surface area (TPSA) is 58.4 Å². The van der Waals surface area contributed by atoms with Crippen molar-refractivity contribution in [3.63, 3.8) is 0 Å². The first kappa shape index (κ1) is 18.5. The van der Waals surface area contributed by atoms with Crippen LogP contribution in [0.4, 0.5) is 4.79 Å². The molecule has 1 aliphatic heterocycles. The van der Waals surface area contributed by atoms with Crippen molar-refractivity contribution in [2.24, 2.45) is 5.41 Å². The summed E-state index contributed by atoms with van der Waals surface area (Å²) < 4.78 is 5.21. The molecular formula is C21H29N3O2. The van der Waals surface area contributed by atoms with Crippen LogP contribution in [0.15, 0.2) is 40.9 Å². The van der Waals surface area contributed by atoms with E-state index in [9.17, 15) is 4.79 Å². The predicted octanol–water partition coefficient (Wildman–Crippen LogP) is 5.01. The number of aromatic nitrogens is 1. The highest BCUT2D eigenvalue weighted by Gasteiger charge is 2.33. The van der Waals surface area contributed by atoms with Gasteiger partial charge in [-0.2, -0.15) is 0 Å². The van der Waals surface area contributed by atoms with Gasteiger partial charge in [0.15, 0.2) is 0 Å². The lowest BCUT2D eigenvalue weighted by Crippen LogP contribution is -2.42. The van der Waals surface area contributed by atoms with Gasteiger partial charge in [0.1, 0.15) is 11.5 Å². The van der Waals surface area contributed by atoms with Gasteiger partial charge in [-0.3, -0.25) is 0 Å². The molecule has 0 saturated carbocycles. The fraction of sp³-hybridized carbons (Fsp3) is 0.524. The number of hydrogen-bond donors (Lipinski definition) is 1. The zero-order valence-electron chi connectivity index (χ0n) is 16.2. The lowest BCUT2D eigenvalue weighted by Gasteiger charge is -2.30. The van der Waals surface area contributed by atoms with E-state index in [1.54, 1.807) is 0 Å². The number of hydrogen-bond acceptors (Lipinski definition) is 3. The molecule has 2 heterocycles. The van der Waals surface area contributed by atoms with Gasteiger partial charge < -0.3 is 14.7 Å². The first-order chi connectivity index (χ1) is 12.3. The van der Waals surface area contributed by atoms with Gasteiger partial charge in [0.2, 0.25) is 0 Å². The molecule has 0 spiro atoms. The van der Waals surface area contributed by atoms with E-state index in [-0.39, 0.29) is 23.5 Å². The van der Waals surface area contributed by atoms with Gasteiger partial charge in [0.25, 0.3) is 0 Å². The Kier molecular flexibility index (Phi) is 5.35. The summed E-state index contributed by atoms with van der Waals surface area (Å²) in [5, 5.41) is 7.40. The molecule has 1 aromatic heterocycles. The van der Waals surface area contributed by atoms with Crippen molar-refractivity contribution < 1.29 is 9.32 Å². The second-order valence-corrected chi connectivity index (χ2v) is 8.39. The highest BCUT2D eigenvalue weighted by Crippen LogP contribution is 2.33. The number of nitrogens with zero attached hydrogens (tertiary/aromatic N) is 2. The average molecular weight is 355 g/mol. The first-order valence-electron chi connectivity index (χ1n) is 9.39. The minimum atomic E-state index is -0.0220. The highest BCUT2D eigenvalue weighted by molar-refractivity contribution is 5.75. The van der Waals surface area contributed by atoms with Crippen molar-refractivity contribution >= 4 is 6.03 Å². The first-order valence-corrected chi connectivity index (χ1v) is 9.39. The van der Waals surface area contributed by atoms with Gasteiger partial charge in [-0.15, -0.1) is 0 Å². The van der Waals surface area contributed by atoms with Crippen LogP contribution in [0.25, 0.3) is 0 Å². The average Bonchev–Trinajstić information content (AvgIpc) is 3.22. The number of likely N-dealkylation sites (tertiary alicyclic amines) is 1.